The van der Waals surface area contributed by atoms with Crippen LogP contribution in [-0.4, -0.2) is 35.6 Å². The average Bonchev–Trinajstić information content (AvgIpc) is 2.96. The van der Waals surface area contributed by atoms with Gasteiger partial charge >= 0.3 is 5.97 Å². The van der Waals surface area contributed by atoms with Gasteiger partial charge in [-0.15, -0.1) is 12.4 Å². The van der Waals surface area contributed by atoms with Crippen molar-refractivity contribution in [3.8, 4) is 11.1 Å². The standard InChI is InChI=1S/C22H23NO2.ClH/c24-22(25)16-7-5-13-23(15-16)14-6-12-21-19-10-3-1-8-17(19)18-9-2-4-11-20(18)21;/h1-4,8-12,16H,5-7,13-15H2,(H,24,25);1H. The lowest BCUT2D eigenvalue weighted by atomic mass is 9.98. The summed E-state index contributed by atoms with van der Waals surface area (Å²) in [6.45, 7) is 2.63. The van der Waals surface area contributed by atoms with Crippen LogP contribution in [0.1, 0.15) is 30.4 Å². The van der Waals surface area contributed by atoms with Gasteiger partial charge in [0.15, 0.2) is 0 Å². The molecule has 2 aromatic carbocycles. The molecule has 0 bridgehead atoms. The molecule has 0 spiro atoms. The molecule has 1 aliphatic heterocycles. The maximum Gasteiger partial charge on any atom is 0.307 e. The Bertz CT molecular complexity index is 783. The molecule has 0 radical (unpaired) electrons. The van der Waals surface area contributed by atoms with Crippen LogP contribution in [0.2, 0.25) is 0 Å². The number of hydrogen-bond donors (Lipinski definition) is 1. The van der Waals surface area contributed by atoms with Crippen molar-refractivity contribution in [3.05, 3.63) is 65.7 Å². The highest BCUT2D eigenvalue weighted by molar-refractivity contribution is 6.01. The molecule has 136 valence electrons. The molecular formula is C22H24ClNO2. The smallest absolute Gasteiger partial charge is 0.307 e. The minimum atomic E-state index is -0.651. The predicted octanol–water partition coefficient (Wildman–Crippen LogP) is 4.71. The van der Waals surface area contributed by atoms with E-state index in [9.17, 15) is 9.90 Å². The summed E-state index contributed by atoms with van der Waals surface area (Å²) in [5.41, 5.74) is 6.57. The van der Waals surface area contributed by atoms with Gasteiger partial charge in [-0.3, -0.25) is 4.79 Å². The highest BCUT2D eigenvalue weighted by Crippen LogP contribution is 2.43. The third-order valence-electron chi connectivity index (χ3n) is 5.37. The number of fused-ring (bicyclic) bond motifs is 3. The third kappa shape index (κ3) is 3.55. The third-order valence-corrected chi connectivity index (χ3v) is 5.37. The molecule has 2 aliphatic rings. The Labute approximate surface area is 160 Å². The highest BCUT2D eigenvalue weighted by atomic mass is 35.5. The van der Waals surface area contributed by atoms with Crippen LogP contribution in [-0.2, 0) is 4.79 Å². The van der Waals surface area contributed by atoms with Gasteiger partial charge in [0.2, 0.25) is 0 Å². The molecule has 1 aliphatic carbocycles. The Balaban J connectivity index is 0.00000196. The maximum absolute atomic E-state index is 11.2. The van der Waals surface area contributed by atoms with E-state index in [1.807, 2.05) is 0 Å². The second-order valence-electron chi connectivity index (χ2n) is 6.98. The molecule has 1 fully saturated rings. The zero-order chi connectivity index (χ0) is 17.2. The number of likely N-dealkylation sites (tertiary alicyclic amines) is 1. The van der Waals surface area contributed by atoms with Crippen LogP contribution in [0.15, 0.2) is 54.6 Å². The molecule has 3 nitrogen and oxygen atoms in total. The van der Waals surface area contributed by atoms with Crippen molar-refractivity contribution >= 4 is 23.9 Å². The highest BCUT2D eigenvalue weighted by Gasteiger charge is 2.25. The summed E-state index contributed by atoms with van der Waals surface area (Å²) in [6.07, 6.45) is 5.08. The van der Waals surface area contributed by atoms with Gasteiger partial charge in [-0.25, -0.2) is 0 Å². The minimum absolute atomic E-state index is 0. The molecule has 2 aromatic rings. The lowest BCUT2D eigenvalue weighted by Crippen LogP contribution is -2.39. The predicted molar refractivity (Wildman–Crippen MR) is 108 cm³/mol. The van der Waals surface area contributed by atoms with Crippen LogP contribution < -0.4 is 0 Å². The van der Waals surface area contributed by atoms with Crippen LogP contribution in [0.5, 0.6) is 0 Å². The Hall–Kier alpha value is -2.10. The summed E-state index contributed by atoms with van der Waals surface area (Å²) in [6, 6.07) is 17.2. The summed E-state index contributed by atoms with van der Waals surface area (Å²) in [5.74, 6) is -0.851. The van der Waals surface area contributed by atoms with Crippen molar-refractivity contribution in [1.82, 2.24) is 4.90 Å². The monoisotopic (exact) mass is 369 g/mol. The Kier molecular flexibility index (Phi) is 5.80. The van der Waals surface area contributed by atoms with Gasteiger partial charge in [-0.05, 0) is 53.6 Å². The van der Waals surface area contributed by atoms with Gasteiger partial charge in [0, 0.05) is 13.1 Å². The molecule has 1 heterocycles. The number of carbonyl (C=O) groups is 1. The second-order valence-corrected chi connectivity index (χ2v) is 6.98. The Morgan fingerprint density at radius 3 is 2.19 bits per heavy atom. The van der Waals surface area contributed by atoms with Crippen molar-refractivity contribution in [2.45, 2.75) is 19.3 Å². The first kappa shape index (κ1) is 18.7. The number of benzene rings is 2. The number of carboxylic acids is 1. The minimum Gasteiger partial charge on any atom is -0.481 e. The van der Waals surface area contributed by atoms with Crippen molar-refractivity contribution in [3.63, 3.8) is 0 Å². The number of rotatable bonds is 4. The van der Waals surface area contributed by atoms with Crippen molar-refractivity contribution in [1.29, 1.82) is 0 Å². The number of aliphatic carboxylic acids is 1. The van der Waals surface area contributed by atoms with E-state index in [0.717, 1.165) is 32.4 Å². The van der Waals surface area contributed by atoms with E-state index >= 15 is 0 Å². The fourth-order valence-electron chi connectivity index (χ4n) is 4.12. The van der Waals surface area contributed by atoms with Crippen molar-refractivity contribution in [2.24, 2.45) is 5.92 Å². The van der Waals surface area contributed by atoms with Crippen LogP contribution in [0.3, 0.4) is 0 Å². The van der Waals surface area contributed by atoms with E-state index in [1.165, 1.54) is 27.8 Å². The molecular weight excluding hydrogens is 346 g/mol. The molecule has 4 rings (SSSR count). The normalized spacial score (nSPS) is 18.6. The fourth-order valence-corrected chi connectivity index (χ4v) is 4.12. The van der Waals surface area contributed by atoms with Gasteiger partial charge in [-0.1, -0.05) is 54.6 Å². The zero-order valence-electron chi connectivity index (χ0n) is 14.7. The van der Waals surface area contributed by atoms with E-state index in [4.69, 9.17) is 0 Å². The lowest BCUT2D eigenvalue weighted by molar-refractivity contribution is -0.143. The SMILES string of the molecule is Cl.O=C(O)C1CCCN(CCC=C2c3ccccc3-c3ccccc32)C1. The van der Waals surface area contributed by atoms with Crippen LogP contribution in [0, 0.1) is 5.92 Å². The average molecular weight is 370 g/mol. The summed E-state index contributed by atoms with van der Waals surface area (Å²) in [4.78, 5) is 13.5. The molecule has 0 saturated carbocycles. The fraction of sp³-hybridized carbons (Fsp3) is 0.318. The first-order chi connectivity index (χ1) is 12.2. The molecule has 4 heteroatoms. The summed E-state index contributed by atoms with van der Waals surface area (Å²) in [7, 11) is 0. The molecule has 1 atom stereocenters. The Morgan fingerprint density at radius 2 is 1.62 bits per heavy atom. The van der Waals surface area contributed by atoms with Gasteiger partial charge in [-0.2, -0.15) is 0 Å². The van der Waals surface area contributed by atoms with Crippen LogP contribution >= 0.6 is 12.4 Å². The second kappa shape index (κ2) is 8.07. The van der Waals surface area contributed by atoms with Crippen molar-refractivity contribution < 1.29 is 9.90 Å². The van der Waals surface area contributed by atoms with Crippen LogP contribution in [0.4, 0.5) is 0 Å². The number of carboxylic acid groups (broad SMARTS) is 1. The molecule has 0 amide bonds. The summed E-state index contributed by atoms with van der Waals surface area (Å²) in [5, 5.41) is 9.23. The first-order valence-electron chi connectivity index (χ1n) is 9.08. The van der Waals surface area contributed by atoms with Gasteiger partial charge < -0.3 is 10.0 Å². The van der Waals surface area contributed by atoms with E-state index < -0.39 is 5.97 Å². The largest absolute Gasteiger partial charge is 0.481 e. The number of halogens is 1. The topological polar surface area (TPSA) is 40.5 Å². The molecule has 1 unspecified atom stereocenters. The van der Waals surface area contributed by atoms with Crippen molar-refractivity contribution in [2.75, 3.05) is 19.6 Å². The van der Waals surface area contributed by atoms with E-state index in [2.05, 4.69) is 59.5 Å². The van der Waals surface area contributed by atoms with Gasteiger partial charge in [0.05, 0.1) is 5.92 Å². The van der Waals surface area contributed by atoms with E-state index in [-0.39, 0.29) is 18.3 Å². The van der Waals surface area contributed by atoms with Crippen LogP contribution in [0.25, 0.3) is 16.7 Å². The maximum atomic E-state index is 11.2. The molecule has 0 aromatic heterocycles. The number of hydrogen-bond acceptors (Lipinski definition) is 2. The molecule has 1 N–H and O–H groups in total. The van der Waals surface area contributed by atoms with Gasteiger partial charge in [0.25, 0.3) is 0 Å². The first-order valence-corrected chi connectivity index (χ1v) is 9.08. The number of piperidine rings is 1. The zero-order valence-corrected chi connectivity index (χ0v) is 15.5. The molecule has 26 heavy (non-hydrogen) atoms. The van der Waals surface area contributed by atoms with E-state index in [1.54, 1.807) is 0 Å². The quantitative estimate of drug-likeness (QED) is 0.724. The molecule has 1 saturated heterocycles. The summed E-state index contributed by atoms with van der Waals surface area (Å²) >= 11 is 0. The summed E-state index contributed by atoms with van der Waals surface area (Å²) < 4.78 is 0. The Morgan fingerprint density at radius 1 is 1.04 bits per heavy atom. The van der Waals surface area contributed by atoms with Gasteiger partial charge in [0.1, 0.15) is 0 Å². The van der Waals surface area contributed by atoms with E-state index in [0.29, 0.717) is 6.54 Å². The number of nitrogens with zero attached hydrogens (tertiary/aromatic N) is 1. The lowest BCUT2D eigenvalue weighted by Gasteiger charge is -2.30.